The number of hydrogen-bond acceptors (Lipinski definition) is 4. The maximum atomic E-state index is 12.4. The number of Topliss-reactive ketones (excluding diaryl/α,β-unsaturated/α-hetero) is 1. The van der Waals surface area contributed by atoms with Gasteiger partial charge in [0.15, 0.2) is 12.1 Å². The number of carbonyl (C=O) groups excluding carboxylic acids is 1. The number of carbonyl (C=O) groups is 1. The lowest BCUT2D eigenvalue weighted by Gasteiger charge is -2.23. The first-order valence-corrected chi connectivity index (χ1v) is 7.89. The van der Waals surface area contributed by atoms with E-state index in [1.165, 1.54) is 0 Å². The third-order valence-electron chi connectivity index (χ3n) is 2.96. The zero-order valence-electron chi connectivity index (χ0n) is 12.6. The van der Waals surface area contributed by atoms with Gasteiger partial charge in [-0.05, 0) is 39.0 Å². The van der Waals surface area contributed by atoms with Crippen LogP contribution in [0.1, 0.15) is 44.0 Å². The molecule has 0 aliphatic carbocycles. The van der Waals surface area contributed by atoms with Gasteiger partial charge in [-0.1, -0.05) is 15.9 Å². The summed E-state index contributed by atoms with van der Waals surface area (Å²) in [5, 5.41) is 0. The average molecular weight is 357 g/mol. The van der Waals surface area contributed by atoms with Gasteiger partial charge in [-0.25, -0.2) is 0 Å². The Morgan fingerprint density at radius 2 is 2.00 bits per heavy atom. The normalized spacial score (nSPS) is 16.2. The highest BCUT2D eigenvalue weighted by atomic mass is 79.9. The number of halogens is 1. The highest BCUT2D eigenvalue weighted by Crippen LogP contribution is 2.28. The van der Waals surface area contributed by atoms with Crippen LogP contribution in [0.3, 0.4) is 0 Å². The lowest BCUT2D eigenvalue weighted by Crippen LogP contribution is -2.24. The fourth-order valence-electron chi connectivity index (χ4n) is 2.10. The second-order valence-electron chi connectivity index (χ2n) is 5.99. The molecule has 5 heteroatoms. The Labute approximate surface area is 133 Å². The molecule has 0 N–H and O–H groups in total. The molecule has 0 saturated carbocycles. The Morgan fingerprint density at radius 1 is 1.33 bits per heavy atom. The molecule has 116 valence electrons. The summed E-state index contributed by atoms with van der Waals surface area (Å²) < 4.78 is 17.5. The van der Waals surface area contributed by atoms with Crippen LogP contribution in [0, 0.1) is 0 Å². The van der Waals surface area contributed by atoms with Gasteiger partial charge >= 0.3 is 0 Å². The molecule has 0 spiro atoms. The molecule has 21 heavy (non-hydrogen) atoms. The largest absolute Gasteiger partial charge is 0.487 e. The Balaban J connectivity index is 2.08. The smallest absolute Gasteiger partial charge is 0.166 e. The maximum absolute atomic E-state index is 12.4. The topological polar surface area (TPSA) is 44.8 Å². The minimum absolute atomic E-state index is 0.0367. The van der Waals surface area contributed by atoms with Crippen molar-refractivity contribution < 1.29 is 19.0 Å². The lowest BCUT2D eigenvalue weighted by atomic mass is 10.0. The van der Waals surface area contributed by atoms with E-state index >= 15 is 0 Å². The second-order valence-corrected chi connectivity index (χ2v) is 6.90. The standard InChI is InChI=1S/C16H21BrO4/c1-16(2,3)21-14-6-4-11(17)10-12(14)13(18)5-7-15-19-8-9-20-15/h4,6,10,15H,5,7-9H2,1-3H3. The van der Waals surface area contributed by atoms with E-state index in [9.17, 15) is 4.79 Å². The van der Waals surface area contributed by atoms with Gasteiger partial charge < -0.3 is 14.2 Å². The predicted octanol–water partition coefficient (Wildman–Crippen LogP) is 3.96. The van der Waals surface area contributed by atoms with Crippen LogP contribution in [-0.2, 0) is 9.47 Å². The predicted molar refractivity (Wildman–Crippen MR) is 83.8 cm³/mol. The van der Waals surface area contributed by atoms with Crippen molar-refractivity contribution in [2.24, 2.45) is 0 Å². The van der Waals surface area contributed by atoms with E-state index in [1.807, 2.05) is 32.9 Å². The fraction of sp³-hybridized carbons (Fsp3) is 0.562. The molecule has 0 aromatic heterocycles. The second kappa shape index (κ2) is 6.90. The Hall–Kier alpha value is -0.910. The van der Waals surface area contributed by atoms with Crippen LogP contribution < -0.4 is 4.74 Å². The average Bonchev–Trinajstić information content (AvgIpc) is 2.89. The van der Waals surface area contributed by atoms with Crippen LogP contribution in [0.5, 0.6) is 5.75 Å². The van der Waals surface area contributed by atoms with Gasteiger partial charge in [0.2, 0.25) is 0 Å². The molecule has 4 nitrogen and oxygen atoms in total. The Morgan fingerprint density at radius 3 is 2.62 bits per heavy atom. The summed E-state index contributed by atoms with van der Waals surface area (Å²) in [7, 11) is 0. The molecule has 1 saturated heterocycles. The van der Waals surface area contributed by atoms with E-state index in [0.29, 0.717) is 37.4 Å². The molecule has 2 rings (SSSR count). The number of ketones is 1. The van der Waals surface area contributed by atoms with Crippen molar-refractivity contribution in [2.75, 3.05) is 13.2 Å². The molecule has 0 unspecified atom stereocenters. The van der Waals surface area contributed by atoms with E-state index in [4.69, 9.17) is 14.2 Å². The van der Waals surface area contributed by atoms with Crippen LogP contribution in [0.4, 0.5) is 0 Å². The van der Waals surface area contributed by atoms with Gasteiger partial charge in [0.05, 0.1) is 18.8 Å². The first-order valence-electron chi connectivity index (χ1n) is 7.10. The van der Waals surface area contributed by atoms with E-state index in [-0.39, 0.29) is 17.7 Å². The molecule has 0 amide bonds. The summed E-state index contributed by atoms with van der Waals surface area (Å²) in [4.78, 5) is 12.4. The van der Waals surface area contributed by atoms with Gasteiger partial charge in [0, 0.05) is 17.3 Å². The van der Waals surface area contributed by atoms with Crippen molar-refractivity contribution in [3.05, 3.63) is 28.2 Å². The van der Waals surface area contributed by atoms with Crippen molar-refractivity contribution in [2.45, 2.75) is 45.5 Å². The van der Waals surface area contributed by atoms with Gasteiger partial charge in [-0.3, -0.25) is 4.79 Å². The summed E-state index contributed by atoms with van der Waals surface area (Å²) in [5.74, 6) is 0.651. The van der Waals surface area contributed by atoms with E-state index in [1.54, 1.807) is 6.07 Å². The molecule has 0 radical (unpaired) electrons. The monoisotopic (exact) mass is 356 g/mol. The van der Waals surface area contributed by atoms with Crippen molar-refractivity contribution in [1.82, 2.24) is 0 Å². The summed E-state index contributed by atoms with van der Waals surface area (Å²) in [6.45, 7) is 7.10. The molecule has 1 aromatic rings. The summed E-state index contributed by atoms with van der Waals surface area (Å²) in [6, 6.07) is 5.51. The van der Waals surface area contributed by atoms with Crippen LogP contribution in [-0.4, -0.2) is 30.9 Å². The Kier molecular flexibility index (Phi) is 5.41. The Bertz CT molecular complexity index is 501. The zero-order valence-corrected chi connectivity index (χ0v) is 14.2. The van der Waals surface area contributed by atoms with Crippen molar-refractivity contribution in [3.63, 3.8) is 0 Å². The molecule has 1 aliphatic rings. The molecular weight excluding hydrogens is 336 g/mol. The highest BCUT2D eigenvalue weighted by molar-refractivity contribution is 9.10. The summed E-state index contributed by atoms with van der Waals surface area (Å²) >= 11 is 3.40. The van der Waals surface area contributed by atoms with Crippen molar-refractivity contribution in [3.8, 4) is 5.75 Å². The molecule has 1 heterocycles. The van der Waals surface area contributed by atoms with Gasteiger partial charge in [0.25, 0.3) is 0 Å². The molecule has 0 bridgehead atoms. The quantitative estimate of drug-likeness (QED) is 0.749. The van der Waals surface area contributed by atoms with Crippen LogP contribution in [0.15, 0.2) is 22.7 Å². The SMILES string of the molecule is CC(C)(C)Oc1ccc(Br)cc1C(=O)CCC1OCCO1. The highest BCUT2D eigenvalue weighted by Gasteiger charge is 2.21. The van der Waals surface area contributed by atoms with Crippen LogP contribution in [0.2, 0.25) is 0 Å². The fourth-order valence-corrected chi connectivity index (χ4v) is 2.46. The van der Waals surface area contributed by atoms with Gasteiger partial charge in [0.1, 0.15) is 11.4 Å². The van der Waals surface area contributed by atoms with Crippen molar-refractivity contribution in [1.29, 1.82) is 0 Å². The number of hydrogen-bond donors (Lipinski definition) is 0. The number of benzene rings is 1. The van der Waals surface area contributed by atoms with Gasteiger partial charge in [-0.2, -0.15) is 0 Å². The lowest BCUT2D eigenvalue weighted by molar-refractivity contribution is -0.0464. The minimum Gasteiger partial charge on any atom is -0.487 e. The first kappa shape index (κ1) is 16.5. The first-order chi connectivity index (χ1) is 9.85. The van der Waals surface area contributed by atoms with E-state index < -0.39 is 0 Å². The maximum Gasteiger partial charge on any atom is 0.166 e. The molecule has 1 fully saturated rings. The molecule has 1 aliphatic heterocycles. The molecular formula is C16H21BrO4. The van der Waals surface area contributed by atoms with Crippen molar-refractivity contribution >= 4 is 21.7 Å². The third-order valence-corrected chi connectivity index (χ3v) is 3.45. The molecule has 0 atom stereocenters. The van der Waals surface area contributed by atoms with E-state index in [2.05, 4.69) is 15.9 Å². The van der Waals surface area contributed by atoms with Crippen LogP contribution >= 0.6 is 15.9 Å². The van der Waals surface area contributed by atoms with E-state index in [0.717, 1.165) is 4.47 Å². The summed E-state index contributed by atoms with van der Waals surface area (Å²) in [6.07, 6.45) is 0.690. The third kappa shape index (κ3) is 5.09. The number of ether oxygens (including phenoxy) is 3. The molecule has 1 aromatic carbocycles. The number of rotatable bonds is 5. The van der Waals surface area contributed by atoms with Crippen LogP contribution in [0.25, 0.3) is 0 Å². The summed E-state index contributed by atoms with van der Waals surface area (Å²) in [5.41, 5.74) is 0.248. The van der Waals surface area contributed by atoms with Gasteiger partial charge in [-0.15, -0.1) is 0 Å². The minimum atomic E-state index is -0.347. The zero-order chi connectivity index (χ0) is 15.5.